The lowest BCUT2D eigenvalue weighted by Crippen LogP contribution is -2.30. The Morgan fingerprint density at radius 3 is 2.42 bits per heavy atom. The fourth-order valence-corrected chi connectivity index (χ4v) is 2.73. The van der Waals surface area contributed by atoms with E-state index in [-0.39, 0.29) is 12.3 Å². The Balaban J connectivity index is 1.62. The smallest absolute Gasteiger partial charge is 0.311 e. The third-order valence-corrected chi connectivity index (χ3v) is 4.19. The predicted octanol–water partition coefficient (Wildman–Crippen LogP) is 4.26. The molecule has 3 aromatic rings. The number of hydrogen-bond donors (Lipinski definition) is 1. The van der Waals surface area contributed by atoms with E-state index >= 15 is 0 Å². The van der Waals surface area contributed by atoms with Gasteiger partial charge in [0.25, 0.3) is 5.91 Å². The van der Waals surface area contributed by atoms with Gasteiger partial charge in [-0.2, -0.15) is 0 Å². The van der Waals surface area contributed by atoms with Gasteiger partial charge in [-0.1, -0.05) is 66.2 Å². The quantitative estimate of drug-likeness (QED) is 0.702. The molecule has 0 radical (unpaired) electrons. The fraction of sp³-hybridized carbons (Fsp3) is 0.182. The van der Waals surface area contributed by atoms with E-state index in [9.17, 15) is 9.59 Å². The Bertz CT molecular complexity index is 926. The van der Waals surface area contributed by atoms with Crippen molar-refractivity contribution in [3.05, 3.63) is 77.9 Å². The van der Waals surface area contributed by atoms with Gasteiger partial charge in [-0.3, -0.25) is 9.59 Å². The van der Waals surface area contributed by atoms with Crippen molar-refractivity contribution < 1.29 is 14.3 Å². The van der Waals surface area contributed by atoms with Crippen LogP contribution in [0.15, 0.2) is 66.7 Å². The number of fused-ring (bicyclic) bond motifs is 1. The van der Waals surface area contributed by atoms with Crippen molar-refractivity contribution in [2.75, 3.05) is 5.32 Å². The number of hydrogen-bond acceptors (Lipinski definition) is 3. The molecular formula is C22H21NO3. The summed E-state index contributed by atoms with van der Waals surface area (Å²) in [5.41, 5.74) is 2.70. The summed E-state index contributed by atoms with van der Waals surface area (Å²) in [5, 5.41) is 4.83. The van der Waals surface area contributed by atoms with E-state index < -0.39 is 12.1 Å². The molecule has 26 heavy (non-hydrogen) atoms. The average molecular weight is 347 g/mol. The average Bonchev–Trinajstić information content (AvgIpc) is 2.64. The van der Waals surface area contributed by atoms with Crippen molar-refractivity contribution in [3.63, 3.8) is 0 Å². The van der Waals surface area contributed by atoms with E-state index in [2.05, 4.69) is 5.32 Å². The van der Waals surface area contributed by atoms with E-state index in [4.69, 9.17) is 4.74 Å². The van der Waals surface area contributed by atoms with Crippen LogP contribution in [0.5, 0.6) is 0 Å². The van der Waals surface area contributed by atoms with Gasteiger partial charge in [0.05, 0.1) is 6.42 Å². The van der Waals surface area contributed by atoms with Crippen LogP contribution in [0.2, 0.25) is 0 Å². The highest BCUT2D eigenvalue weighted by Crippen LogP contribution is 2.23. The van der Waals surface area contributed by atoms with Gasteiger partial charge in [-0.15, -0.1) is 0 Å². The molecule has 0 saturated heterocycles. The topological polar surface area (TPSA) is 55.4 Å². The first-order valence-corrected chi connectivity index (χ1v) is 8.56. The molecule has 0 aliphatic heterocycles. The van der Waals surface area contributed by atoms with Crippen molar-refractivity contribution in [2.24, 2.45) is 0 Å². The zero-order valence-corrected chi connectivity index (χ0v) is 14.9. The van der Waals surface area contributed by atoms with Crippen LogP contribution in [0.4, 0.5) is 5.69 Å². The molecule has 3 aromatic carbocycles. The Kier molecular flexibility index (Phi) is 5.32. The number of nitrogens with one attached hydrogen (secondary N) is 1. The molecule has 0 unspecified atom stereocenters. The molecule has 0 saturated carbocycles. The van der Waals surface area contributed by atoms with E-state index in [1.54, 1.807) is 6.92 Å². The minimum Gasteiger partial charge on any atom is -0.452 e. The number of rotatable bonds is 5. The van der Waals surface area contributed by atoms with Crippen LogP contribution in [0.3, 0.4) is 0 Å². The van der Waals surface area contributed by atoms with Gasteiger partial charge < -0.3 is 10.1 Å². The third kappa shape index (κ3) is 4.28. The van der Waals surface area contributed by atoms with Crippen LogP contribution < -0.4 is 5.32 Å². The van der Waals surface area contributed by atoms with Crippen molar-refractivity contribution in [2.45, 2.75) is 26.4 Å². The monoisotopic (exact) mass is 347 g/mol. The van der Waals surface area contributed by atoms with Gasteiger partial charge >= 0.3 is 5.97 Å². The fourth-order valence-electron chi connectivity index (χ4n) is 2.73. The van der Waals surface area contributed by atoms with Gasteiger partial charge in [-0.05, 0) is 30.9 Å². The molecule has 0 spiro atoms. The van der Waals surface area contributed by atoms with E-state index in [1.165, 1.54) is 0 Å². The zero-order valence-electron chi connectivity index (χ0n) is 14.9. The number of anilines is 1. The van der Waals surface area contributed by atoms with Crippen molar-refractivity contribution >= 4 is 28.3 Å². The van der Waals surface area contributed by atoms with Crippen LogP contribution in [0, 0.1) is 6.92 Å². The second-order valence-electron chi connectivity index (χ2n) is 6.31. The second kappa shape index (κ2) is 7.83. The molecule has 3 rings (SSSR count). The lowest BCUT2D eigenvalue weighted by atomic mass is 10.1. The largest absolute Gasteiger partial charge is 0.452 e. The molecule has 0 heterocycles. The third-order valence-electron chi connectivity index (χ3n) is 4.19. The number of benzene rings is 3. The van der Waals surface area contributed by atoms with Crippen LogP contribution in [-0.4, -0.2) is 18.0 Å². The van der Waals surface area contributed by atoms with Crippen molar-refractivity contribution in [3.8, 4) is 0 Å². The Labute approximate surface area is 152 Å². The zero-order chi connectivity index (χ0) is 18.5. The first kappa shape index (κ1) is 17.7. The number of carbonyl (C=O) groups excluding carboxylic acids is 2. The summed E-state index contributed by atoms with van der Waals surface area (Å²) >= 11 is 0. The van der Waals surface area contributed by atoms with Gasteiger partial charge in [0, 0.05) is 11.1 Å². The molecule has 1 N–H and O–H groups in total. The number of ether oxygens (including phenoxy) is 1. The lowest BCUT2D eigenvalue weighted by molar-refractivity contribution is -0.152. The number of carbonyl (C=O) groups is 2. The molecule has 1 amide bonds. The Morgan fingerprint density at radius 1 is 0.962 bits per heavy atom. The molecule has 0 bridgehead atoms. The molecule has 4 heteroatoms. The molecule has 0 aromatic heterocycles. The summed E-state index contributed by atoms with van der Waals surface area (Å²) in [7, 11) is 0. The van der Waals surface area contributed by atoms with Crippen molar-refractivity contribution in [1.82, 2.24) is 0 Å². The maximum atomic E-state index is 12.4. The molecule has 132 valence electrons. The number of esters is 1. The minimum absolute atomic E-state index is 0.145. The number of amides is 1. The normalized spacial score (nSPS) is 11.8. The number of aryl methyl sites for hydroxylation is 1. The predicted molar refractivity (Wildman–Crippen MR) is 103 cm³/mol. The Morgan fingerprint density at radius 2 is 1.65 bits per heavy atom. The summed E-state index contributed by atoms with van der Waals surface area (Å²) < 4.78 is 5.28. The van der Waals surface area contributed by atoms with Gasteiger partial charge in [0.1, 0.15) is 0 Å². The van der Waals surface area contributed by atoms with Crippen molar-refractivity contribution in [1.29, 1.82) is 0 Å². The van der Waals surface area contributed by atoms with E-state index in [0.29, 0.717) is 5.69 Å². The summed E-state index contributed by atoms with van der Waals surface area (Å²) in [5.74, 6) is -0.770. The van der Waals surface area contributed by atoms with Gasteiger partial charge in [0.15, 0.2) is 6.10 Å². The van der Waals surface area contributed by atoms with Crippen LogP contribution in [0.25, 0.3) is 10.8 Å². The maximum Gasteiger partial charge on any atom is 0.311 e. The first-order valence-electron chi connectivity index (χ1n) is 8.56. The highest BCUT2D eigenvalue weighted by atomic mass is 16.5. The molecule has 0 aliphatic carbocycles. The lowest BCUT2D eigenvalue weighted by Gasteiger charge is -2.15. The Hall–Kier alpha value is -3.14. The van der Waals surface area contributed by atoms with E-state index in [1.807, 2.05) is 73.7 Å². The molecule has 4 nitrogen and oxygen atoms in total. The van der Waals surface area contributed by atoms with Crippen LogP contribution >= 0.6 is 0 Å². The highest BCUT2D eigenvalue weighted by Gasteiger charge is 2.18. The molecule has 0 fully saturated rings. The van der Waals surface area contributed by atoms with Crippen LogP contribution in [-0.2, 0) is 20.7 Å². The van der Waals surface area contributed by atoms with Gasteiger partial charge in [-0.25, -0.2) is 0 Å². The summed E-state index contributed by atoms with van der Waals surface area (Å²) in [6, 6.07) is 21.2. The molecule has 1 atom stereocenters. The van der Waals surface area contributed by atoms with Gasteiger partial charge in [0.2, 0.25) is 0 Å². The SMILES string of the molecule is Cc1ccc(CC(=O)O[C@H](C)C(=O)Nc2cccc3ccccc23)cc1. The summed E-state index contributed by atoms with van der Waals surface area (Å²) in [6.45, 7) is 3.56. The minimum atomic E-state index is -0.869. The molecular weight excluding hydrogens is 326 g/mol. The first-order chi connectivity index (χ1) is 12.5. The molecule has 0 aliphatic rings. The summed E-state index contributed by atoms with van der Waals surface area (Å²) in [6.07, 6.45) is -0.724. The summed E-state index contributed by atoms with van der Waals surface area (Å²) in [4.78, 5) is 24.5. The standard InChI is InChI=1S/C22H21NO3/c1-15-10-12-17(13-11-15)14-21(24)26-16(2)22(25)23-20-9-5-7-18-6-3-4-8-19(18)20/h3-13,16H,14H2,1-2H3,(H,23,25)/t16-/m1/s1. The van der Waals surface area contributed by atoms with Crippen LogP contribution in [0.1, 0.15) is 18.1 Å². The highest BCUT2D eigenvalue weighted by molar-refractivity contribution is 6.03. The van der Waals surface area contributed by atoms with E-state index in [0.717, 1.165) is 21.9 Å². The second-order valence-corrected chi connectivity index (χ2v) is 6.31. The maximum absolute atomic E-state index is 12.4.